The van der Waals surface area contributed by atoms with Crippen molar-refractivity contribution in [3.63, 3.8) is 0 Å². The molecule has 1 aliphatic rings. The van der Waals surface area contributed by atoms with Gasteiger partial charge in [-0.1, -0.05) is 30.3 Å². The Kier molecular flexibility index (Phi) is 20.4. The maximum absolute atomic E-state index is 12.2. The second-order valence-corrected chi connectivity index (χ2v) is 15.9. The molecule has 1 fully saturated rings. The van der Waals surface area contributed by atoms with Crippen molar-refractivity contribution in [2.24, 2.45) is 10.9 Å². The minimum atomic E-state index is -0.312. The summed E-state index contributed by atoms with van der Waals surface area (Å²) >= 11 is 10.6. The van der Waals surface area contributed by atoms with Crippen LogP contribution in [0.5, 0.6) is 0 Å². The van der Waals surface area contributed by atoms with Crippen LogP contribution < -0.4 is 27.0 Å². The summed E-state index contributed by atoms with van der Waals surface area (Å²) in [6, 6.07) is 26.9. The van der Waals surface area contributed by atoms with Crippen molar-refractivity contribution in [1.29, 1.82) is 0 Å². The number of aliphatic imine (C=N–C) groups is 1. The number of nitrogens with one attached hydrogen (secondary N) is 4. The lowest BCUT2D eigenvalue weighted by atomic mass is 9.90. The lowest BCUT2D eigenvalue weighted by molar-refractivity contribution is 0.184. The van der Waals surface area contributed by atoms with E-state index in [1.54, 1.807) is 30.7 Å². The van der Waals surface area contributed by atoms with Crippen LogP contribution in [-0.2, 0) is 11.2 Å². The van der Waals surface area contributed by atoms with Crippen molar-refractivity contribution in [2.45, 2.75) is 40.0 Å². The van der Waals surface area contributed by atoms with Crippen molar-refractivity contribution < 1.29 is 14.4 Å². The first kappa shape index (κ1) is 50.2. The molecule has 0 spiro atoms. The number of rotatable bonds is 11. The Morgan fingerprint density at radius 1 is 0.682 bits per heavy atom. The molecule has 1 aromatic carbocycles. The average Bonchev–Trinajstić information content (AvgIpc) is 3.32. The summed E-state index contributed by atoms with van der Waals surface area (Å²) in [5, 5.41) is 14.1. The van der Waals surface area contributed by atoms with Crippen LogP contribution in [0.3, 0.4) is 0 Å². The molecule has 0 bridgehead atoms. The lowest BCUT2D eigenvalue weighted by Gasteiger charge is -2.32. The molecule has 0 atom stereocenters. The highest BCUT2D eigenvalue weighted by Crippen LogP contribution is 2.22. The zero-order valence-electron chi connectivity index (χ0n) is 37.3. The summed E-state index contributed by atoms with van der Waals surface area (Å²) in [4.78, 5) is 64.1. The van der Waals surface area contributed by atoms with E-state index in [2.05, 4.69) is 91.4 Å². The normalized spacial score (nSPS) is 12.3. The highest BCUT2D eigenvalue weighted by atomic mass is 35.5. The number of amides is 4. The van der Waals surface area contributed by atoms with Gasteiger partial charge in [0.15, 0.2) is 0 Å². The first-order valence-electron chi connectivity index (χ1n) is 21.5. The van der Waals surface area contributed by atoms with Crippen molar-refractivity contribution in [3.8, 4) is 0 Å². The van der Waals surface area contributed by atoms with Crippen LogP contribution in [0.1, 0.15) is 35.5 Å². The number of nitrogens with two attached hydrogens (primary N) is 1. The smallest absolute Gasteiger partial charge is 0.320 e. The number of alkyl halides is 2. The number of urea groups is 2. The molecule has 6 N–H and O–H groups in total. The molecule has 18 heteroatoms. The van der Waals surface area contributed by atoms with Crippen molar-refractivity contribution in [1.82, 2.24) is 45.4 Å². The Morgan fingerprint density at radius 2 is 1.18 bits per heavy atom. The number of nitrogen functional groups attached to an aromatic ring is 1. The number of benzene rings is 1. The minimum Gasteiger partial charge on any atom is -0.384 e. The Bertz CT molecular complexity index is 2700. The van der Waals surface area contributed by atoms with Gasteiger partial charge in [0.25, 0.3) is 0 Å². The summed E-state index contributed by atoms with van der Waals surface area (Å²) < 4.78 is 0. The summed E-state index contributed by atoms with van der Waals surface area (Å²) in [5.74, 6) is 3.14. The number of fused-ring (bicyclic) bond motifs is 3. The number of pyridine rings is 6. The summed E-state index contributed by atoms with van der Waals surface area (Å²) in [6.07, 6.45) is 10.1. The topological polar surface area (TPSA) is 218 Å². The van der Waals surface area contributed by atoms with E-state index in [0.29, 0.717) is 48.8 Å². The SMILES string of the molecule is Cc1nccc2nc(N)ccc12.Cc1nccc2nc(NC(=O)NCCCl)ccc12.Cc1nccc2nc(NC(=O)NCCN3CCC(Cc4ccccc4)CC3)ccc12.O=C=NCCCl. The van der Waals surface area contributed by atoms with Crippen LogP contribution in [0, 0.1) is 26.7 Å². The highest BCUT2D eigenvalue weighted by molar-refractivity contribution is 6.18. The van der Waals surface area contributed by atoms with Gasteiger partial charge in [-0.05, 0) is 119 Å². The second-order valence-electron chi connectivity index (χ2n) is 15.1. The van der Waals surface area contributed by atoms with Gasteiger partial charge >= 0.3 is 12.1 Å². The molecule has 0 radical (unpaired) electrons. The maximum atomic E-state index is 12.2. The maximum Gasteiger partial charge on any atom is 0.320 e. The fraction of sp³-hybridized carbons (Fsp3) is 0.312. The third-order valence-electron chi connectivity index (χ3n) is 10.4. The zero-order chi connectivity index (χ0) is 47.1. The number of hydrogen-bond acceptors (Lipinski definition) is 12. The Hall–Kier alpha value is -6.84. The van der Waals surface area contributed by atoms with Gasteiger partial charge in [-0.15, -0.1) is 23.2 Å². The van der Waals surface area contributed by atoms with Gasteiger partial charge in [-0.2, -0.15) is 0 Å². The fourth-order valence-electron chi connectivity index (χ4n) is 7.01. The third kappa shape index (κ3) is 16.3. The van der Waals surface area contributed by atoms with E-state index in [1.165, 1.54) is 30.9 Å². The Morgan fingerprint density at radius 3 is 1.67 bits per heavy atom. The van der Waals surface area contributed by atoms with E-state index in [4.69, 9.17) is 28.9 Å². The summed E-state index contributed by atoms with van der Waals surface area (Å²) in [5.41, 5.74) is 12.4. The number of halogens is 2. The van der Waals surface area contributed by atoms with Crippen LogP contribution in [-0.4, -0.2) is 104 Å². The first-order chi connectivity index (χ1) is 32.1. The zero-order valence-corrected chi connectivity index (χ0v) is 38.8. The molecule has 4 amide bonds. The number of isocyanates is 1. The number of aromatic nitrogens is 6. The van der Waals surface area contributed by atoms with E-state index in [9.17, 15) is 14.4 Å². The molecule has 344 valence electrons. The van der Waals surface area contributed by atoms with Crippen molar-refractivity contribution in [3.05, 3.63) is 126 Å². The lowest BCUT2D eigenvalue weighted by Crippen LogP contribution is -2.41. The quantitative estimate of drug-likeness (QED) is 0.0471. The number of anilines is 3. The van der Waals surface area contributed by atoms with E-state index in [-0.39, 0.29) is 12.1 Å². The number of nitrogens with zero attached hydrogens (tertiary/aromatic N) is 8. The van der Waals surface area contributed by atoms with Crippen LogP contribution in [0.2, 0.25) is 0 Å². The Labute approximate surface area is 394 Å². The van der Waals surface area contributed by atoms with Gasteiger partial charge in [0.1, 0.15) is 17.5 Å². The summed E-state index contributed by atoms with van der Waals surface area (Å²) in [7, 11) is 0. The molecular formula is C48H55Cl2N13O3. The number of likely N-dealkylation sites (tertiary alicyclic amines) is 1. The molecule has 1 aliphatic heterocycles. The monoisotopic (exact) mass is 931 g/mol. The van der Waals surface area contributed by atoms with Gasteiger partial charge in [0.05, 0.1) is 23.1 Å². The van der Waals surface area contributed by atoms with Gasteiger partial charge in [0.2, 0.25) is 6.08 Å². The third-order valence-corrected chi connectivity index (χ3v) is 10.7. The molecule has 7 aromatic rings. The van der Waals surface area contributed by atoms with Gasteiger partial charge in [0, 0.05) is 83.2 Å². The van der Waals surface area contributed by atoms with Crippen LogP contribution in [0.15, 0.2) is 109 Å². The molecule has 0 saturated carbocycles. The van der Waals surface area contributed by atoms with E-state index < -0.39 is 0 Å². The average molecular weight is 933 g/mol. The van der Waals surface area contributed by atoms with E-state index in [0.717, 1.165) is 75.3 Å². The van der Waals surface area contributed by atoms with Gasteiger partial charge in [-0.25, -0.2) is 34.3 Å². The fourth-order valence-corrected chi connectivity index (χ4v) is 7.18. The van der Waals surface area contributed by atoms with E-state index in [1.807, 2.05) is 63.2 Å². The largest absolute Gasteiger partial charge is 0.384 e. The standard InChI is InChI=1S/C24H29N5O.C12H13ClN4O.C9H9N3.C3H4ClNO/c1-18-21-7-8-23(27-22(21)9-12-25-18)28-24(30)26-13-16-29-14-10-20(11-15-29)17-19-5-3-2-4-6-19;1-8-9-2-3-11(16-10(9)4-6-14-8)17-12(18)15-7-5-13;1-6-7-2-3-9(10)12-8(7)4-5-11-6;4-1-2-5-3-6/h2-9,12,20H,10-11,13-17H2,1H3,(H2,26,27,28,30);2-4,6H,5,7H2,1H3,(H2,15,16,17,18);2-5H,1H3,(H2,10,12);1-2H2. The molecule has 0 unspecified atom stereocenters. The first-order valence-corrected chi connectivity index (χ1v) is 22.6. The molecule has 0 aliphatic carbocycles. The molecule has 66 heavy (non-hydrogen) atoms. The van der Waals surface area contributed by atoms with Crippen molar-refractivity contribution >= 4 is 91.5 Å². The Balaban J connectivity index is 0.000000191. The minimum absolute atomic E-state index is 0.216. The molecule has 8 rings (SSSR count). The number of carbonyl (C=O) groups is 2. The predicted molar refractivity (Wildman–Crippen MR) is 265 cm³/mol. The number of hydrogen-bond donors (Lipinski definition) is 5. The second kappa shape index (κ2) is 26.8. The van der Waals surface area contributed by atoms with Gasteiger partial charge in [-0.3, -0.25) is 25.6 Å². The predicted octanol–water partition coefficient (Wildman–Crippen LogP) is 8.39. The summed E-state index contributed by atoms with van der Waals surface area (Å²) in [6.45, 7) is 10.3. The number of piperidine rings is 1. The molecule has 7 heterocycles. The van der Waals surface area contributed by atoms with Gasteiger partial charge < -0.3 is 21.3 Å². The molecule has 1 saturated heterocycles. The molecule has 6 aromatic heterocycles. The molecular weight excluding hydrogens is 878 g/mol. The highest BCUT2D eigenvalue weighted by Gasteiger charge is 2.19. The number of carbonyl (C=O) groups excluding carboxylic acids is 3. The van der Waals surface area contributed by atoms with Crippen LogP contribution in [0.25, 0.3) is 32.7 Å². The van der Waals surface area contributed by atoms with Crippen LogP contribution in [0.4, 0.5) is 27.0 Å². The number of aryl methyl sites for hydroxylation is 3. The van der Waals surface area contributed by atoms with Crippen molar-refractivity contribution in [2.75, 3.05) is 67.4 Å². The van der Waals surface area contributed by atoms with E-state index >= 15 is 0 Å². The molecule has 16 nitrogen and oxygen atoms in total. The van der Waals surface area contributed by atoms with Crippen LogP contribution >= 0.6 is 23.2 Å².